The number of nitrogens with zero attached hydrogens (tertiary/aromatic N) is 2. The van der Waals surface area contributed by atoms with Gasteiger partial charge in [0.05, 0.1) is 6.07 Å². The number of rotatable bonds is 6. The van der Waals surface area contributed by atoms with Crippen molar-refractivity contribution in [2.24, 2.45) is 5.92 Å². The Hall–Kier alpha value is -2.26. The Morgan fingerprint density at radius 1 is 1.14 bits per heavy atom. The number of fused-ring (bicyclic) bond motifs is 1. The number of nitriles is 1. The van der Waals surface area contributed by atoms with Gasteiger partial charge in [-0.25, -0.2) is 0 Å². The van der Waals surface area contributed by atoms with E-state index >= 15 is 0 Å². The lowest BCUT2D eigenvalue weighted by atomic mass is 9.83. The van der Waals surface area contributed by atoms with Crippen LogP contribution in [0.3, 0.4) is 0 Å². The standard InChI is InChI=1S/C23H31N3O3/c24-12-8-22(27)25-19-6-4-17(5-7-19)9-13-26-14-10-18(11-15-26)20-2-1-3-21-23(20)29-16-28-21/h1-3,17-19H,4-11,13-16H2,(H,25,27). The minimum absolute atomic E-state index is 0.0270. The largest absolute Gasteiger partial charge is 0.454 e. The number of hydrogen-bond donors (Lipinski definition) is 1. The monoisotopic (exact) mass is 397 g/mol. The molecular weight excluding hydrogens is 366 g/mol. The topological polar surface area (TPSA) is 74.6 Å². The Bertz CT molecular complexity index is 744. The van der Waals surface area contributed by atoms with Crippen molar-refractivity contribution in [1.29, 1.82) is 5.26 Å². The summed E-state index contributed by atoms with van der Waals surface area (Å²) in [6, 6.07) is 8.45. The van der Waals surface area contributed by atoms with E-state index in [1.807, 2.05) is 12.1 Å². The van der Waals surface area contributed by atoms with Crippen molar-refractivity contribution in [1.82, 2.24) is 10.2 Å². The zero-order valence-corrected chi connectivity index (χ0v) is 17.1. The highest BCUT2D eigenvalue weighted by Gasteiger charge is 2.28. The summed E-state index contributed by atoms with van der Waals surface area (Å²) in [7, 11) is 0. The van der Waals surface area contributed by atoms with E-state index in [0.717, 1.165) is 43.3 Å². The van der Waals surface area contributed by atoms with Gasteiger partial charge in [-0.2, -0.15) is 5.26 Å². The summed E-state index contributed by atoms with van der Waals surface area (Å²) >= 11 is 0. The van der Waals surface area contributed by atoms with E-state index in [2.05, 4.69) is 22.3 Å². The lowest BCUT2D eigenvalue weighted by Crippen LogP contribution is -2.38. The molecular formula is C23H31N3O3. The third-order valence-corrected chi connectivity index (χ3v) is 6.76. The van der Waals surface area contributed by atoms with E-state index in [1.54, 1.807) is 0 Å². The fourth-order valence-electron chi connectivity index (χ4n) is 5.05. The van der Waals surface area contributed by atoms with Gasteiger partial charge >= 0.3 is 0 Å². The number of likely N-dealkylation sites (tertiary alicyclic amines) is 1. The summed E-state index contributed by atoms with van der Waals surface area (Å²) in [4.78, 5) is 14.2. The number of ether oxygens (including phenoxy) is 2. The molecule has 0 unspecified atom stereocenters. The summed E-state index contributed by atoms with van der Waals surface area (Å²) < 4.78 is 11.2. The van der Waals surface area contributed by atoms with Crippen LogP contribution in [0.5, 0.6) is 11.5 Å². The van der Waals surface area contributed by atoms with Crippen LogP contribution in [-0.4, -0.2) is 43.3 Å². The third-order valence-electron chi connectivity index (χ3n) is 6.76. The number of hydrogen-bond acceptors (Lipinski definition) is 5. The maximum atomic E-state index is 11.6. The number of carbonyl (C=O) groups excluding carboxylic acids is 1. The fourth-order valence-corrected chi connectivity index (χ4v) is 5.05. The molecule has 1 aromatic carbocycles. The zero-order valence-electron chi connectivity index (χ0n) is 17.1. The first kappa shape index (κ1) is 20.0. The van der Waals surface area contributed by atoms with Crippen molar-refractivity contribution in [2.75, 3.05) is 26.4 Å². The molecule has 1 amide bonds. The van der Waals surface area contributed by atoms with Crippen LogP contribution in [0.25, 0.3) is 0 Å². The van der Waals surface area contributed by atoms with Gasteiger partial charge in [0.2, 0.25) is 12.7 Å². The molecule has 6 nitrogen and oxygen atoms in total. The number of benzene rings is 1. The first-order chi connectivity index (χ1) is 14.2. The normalized spacial score (nSPS) is 24.8. The van der Waals surface area contributed by atoms with Gasteiger partial charge in [-0.3, -0.25) is 4.79 Å². The quantitative estimate of drug-likeness (QED) is 0.794. The Morgan fingerprint density at radius 3 is 2.69 bits per heavy atom. The zero-order chi connectivity index (χ0) is 20.1. The van der Waals surface area contributed by atoms with Crippen molar-refractivity contribution >= 4 is 5.91 Å². The van der Waals surface area contributed by atoms with Gasteiger partial charge in [-0.15, -0.1) is 0 Å². The molecule has 2 aliphatic heterocycles. The molecule has 0 radical (unpaired) electrons. The predicted molar refractivity (Wildman–Crippen MR) is 110 cm³/mol. The third kappa shape index (κ3) is 5.02. The van der Waals surface area contributed by atoms with E-state index in [0.29, 0.717) is 12.7 Å². The second-order valence-corrected chi connectivity index (χ2v) is 8.61. The summed E-state index contributed by atoms with van der Waals surface area (Å²) in [5, 5.41) is 11.6. The van der Waals surface area contributed by atoms with Crippen LogP contribution in [0.1, 0.15) is 62.8 Å². The number of nitrogens with one attached hydrogen (secondary N) is 1. The second-order valence-electron chi connectivity index (χ2n) is 8.61. The number of amides is 1. The Balaban J connectivity index is 1.17. The molecule has 1 N–H and O–H groups in total. The van der Waals surface area contributed by atoms with Crippen molar-refractivity contribution in [2.45, 2.75) is 63.3 Å². The molecule has 1 aromatic rings. The molecule has 29 heavy (non-hydrogen) atoms. The maximum absolute atomic E-state index is 11.6. The minimum atomic E-state index is -0.125. The van der Waals surface area contributed by atoms with Gasteiger partial charge in [-0.05, 0) is 82.5 Å². The highest BCUT2D eigenvalue weighted by molar-refractivity contribution is 5.78. The molecule has 1 aliphatic carbocycles. The molecule has 2 heterocycles. The average molecular weight is 398 g/mol. The van der Waals surface area contributed by atoms with Crippen LogP contribution in [-0.2, 0) is 4.79 Å². The van der Waals surface area contributed by atoms with Gasteiger partial charge in [0.25, 0.3) is 0 Å². The van der Waals surface area contributed by atoms with Gasteiger partial charge in [0.15, 0.2) is 11.5 Å². The molecule has 0 aromatic heterocycles. The molecule has 1 saturated heterocycles. The van der Waals surface area contributed by atoms with Gasteiger partial charge in [-0.1, -0.05) is 12.1 Å². The molecule has 0 bridgehead atoms. The molecule has 6 heteroatoms. The highest BCUT2D eigenvalue weighted by Crippen LogP contribution is 2.42. The molecule has 3 aliphatic rings. The SMILES string of the molecule is N#CCC(=O)NC1CCC(CCN2CCC(c3cccc4c3OCO4)CC2)CC1. The van der Waals surface area contributed by atoms with Crippen LogP contribution in [0, 0.1) is 17.2 Å². The van der Waals surface area contributed by atoms with Crippen LogP contribution < -0.4 is 14.8 Å². The first-order valence-corrected chi connectivity index (χ1v) is 11.0. The summed E-state index contributed by atoms with van der Waals surface area (Å²) in [6.45, 7) is 3.81. The fraction of sp³-hybridized carbons (Fsp3) is 0.652. The number of para-hydroxylation sites is 1. The van der Waals surface area contributed by atoms with E-state index in [4.69, 9.17) is 14.7 Å². The Morgan fingerprint density at radius 2 is 1.93 bits per heavy atom. The summed E-state index contributed by atoms with van der Waals surface area (Å²) in [6.07, 6.45) is 8.04. The van der Waals surface area contributed by atoms with Crippen LogP contribution >= 0.6 is 0 Å². The molecule has 2 fully saturated rings. The predicted octanol–water partition coefficient (Wildman–Crippen LogP) is 3.57. The molecule has 1 saturated carbocycles. The van der Waals surface area contributed by atoms with Gasteiger partial charge < -0.3 is 19.7 Å². The molecule has 0 spiro atoms. The van der Waals surface area contributed by atoms with Crippen molar-refractivity contribution in [3.63, 3.8) is 0 Å². The van der Waals surface area contributed by atoms with Crippen LogP contribution in [0.4, 0.5) is 0 Å². The lowest BCUT2D eigenvalue weighted by molar-refractivity contribution is -0.121. The highest BCUT2D eigenvalue weighted by atomic mass is 16.7. The van der Waals surface area contributed by atoms with E-state index in [1.165, 1.54) is 44.2 Å². The van der Waals surface area contributed by atoms with Crippen molar-refractivity contribution in [3.05, 3.63) is 23.8 Å². The number of piperidine rings is 1. The Labute approximate surface area is 173 Å². The van der Waals surface area contributed by atoms with Crippen molar-refractivity contribution in [3.8, 4) is 17.6 Å². The van der Waals surface area contributed by atoms with Crippen molar-refractivity contribution < 1.29 is 14.3 Å². The summed E-state index contributed by atoms with van der Waals surface area (Å²) in [5.74, 6) is 3.06. The average Bonchev–Trinajstić information content (AvgIpc) is 3.23. The van der Waals surface area contributed by atoms with E-state index in [-0.39, 0.29) is 18.4 Å². The van der Waals surface area contributed by atoms with Crippen LogP contribution in [0.2, 0.25) is 0 Å². The van der Waals surface area contributed by atoms with E-state index in [9.17, 15) is 4.79 Å². The minimum Gasteiger partial charge on any atom is -0.454 e. The first-order valence-electron chi connectivity index (χ1n) is 11.0. The van der Waals surface area contributed by atoms with Gasteiger partial charge in [0.1, 0.15) is 6.42 Å². The van der Waals surface area contributed by atoms with Crippen LogP contribution in [0.15, 0.2) is 18.2 Å². The molecule has 0 atom stereocenters. The molecule has 156 valence electrons. The lowest BCUT2D eigenvalue weighted by Gasteiger charge is -2.34. The second kappa shape index (κ2) is 9.49. The van der Waals surface area contributed by atoms with Gasteiger partial charge in [0, 0.05) is 11.6 Å². The maximum Gasteiger partial charge on any atom is 0.234 e. The Kier molecular flexibility index (Phi) is 6.56. The van der Waals surface area contributed by atoms with E-state index < -0.39 is 0 Å². The molecule has 4 rings (SSSR count). The smallest absolute Gasteiger partial charge is 0.234 e. The number of carbonyl (C=O) groups is 1. The summed E-state index contributed by atoms with van der Waals surface area (Å²) in [5.41, 5.74) is 1.32.